The molecule has 1 amide bonds. The van der Waals surface area contributed by atoms with Crippen molar-refractivity contribution in [2.75, 3.05) is 0 Å². The van der Waals surface area contributed by atoms with Crippen molar-refractivity contribution in [3.8, 4) is 0 Å². The van der Waals surface area contributed by atoms with Crippen molar-refractivity contribution in [1.82, 2.24) is 4.72 Å². The number of hydrogen-bond donors (Lipinski definition) is 2. The Morgan fingerprint density at radius 1 is 1.58 bits per heavy atom. The zero-order valence-electron chi connectivity index (χ0n) is 6.33. The van der Waals surface area contributed by atoms with Crippen LogP contribution >= 0.6 is 11.9 Å². The van der Waals surface area contributed by atoms with Gasteiger partial charge in [-0.2, -0.15) is 0 Å². The fourth-order valence-corrected chi connectivity index (χ4v) is 1.98. The van der Waals surface area contributed by atoms with E-state index in [2.05, 4.69) is 4.72 Å². The average Bonchev–Trinajstić information content (AvgIpc) is 2.49. The van der Waals surface area contributed by atoms with Gasteiger partial charge in [-0.05, 0) is 29.6 Å². The Balaban J connectivity index is 2.45. The molecule has 2 rings (SSSR count). The topological polar surface area (TPSA) is 55.1 Å². The Labute approximate surface area is 74.5 Å². The number of amides is 1. The minimum absolute atomic E-state index is 0.370. The van der Waals surface area contributed by atoms with Crippen molar-refractivity contribution < 1.29 is 4.79 Å². The van der Waals surface area contributed by atoms with Gasteiger partial charge in [-0.1, -0.05) is 6.07 Å². The molecular weight excluding hydrogens is 172 g/mol. The smallest absolute Gasteiger partial charge is 0.248 e. The first kappa shape index (κ1) is 7.64. The Kier molecular flexibility index (Phi) is 1.78. The molecular formula is C8H8N2OS. The molecule has 0 bridgehead atoms. The predicted octanol–water partition coefficient (Wildman–Crippen LogP) is 0.896. The maximum atomic E-state index is 10.8. The Morgan fingerprint density at radius 3 is 3.17 bits per heavy atom. The minimum atomic E-state index is -0.370. The van der Waals surface area contributed by atoms with Crippen LogP contribution in [0.2, 0.25) is 0 Å². The highest BCUT2D eigenvalue weighted by molar-refractivity contribution is 7.97. The molecule has 0 fully saturated rings. The summed E-state index contributed by atoms with van der Waals surface area (Å²) in [7, 11) is 0. The molecule has 0 atom stereocenters. The summed E-state index contributed by atoms with van der Waals surface area (Å²) in [6, 6.07) is 5.51. The van der Waals surface area contributed by atoms with Crippen molar-refractivity contribution in [3.63, 3.8) is 0 Å². The van der Waals surface area contributed by atoms with E-state index < -0.39 is 0 Å². The average molecular weight is 180 g/mol. The molecule has 4 heteroatoms. The van der Waals surface area contributed by atoms with Gasteiger partial charge < -0.3 is 5.73 Å². The van der Waals surface area contributed by atoms with E-state index in [1.807, 2.05) is 12.1 Å². The van der Waals surface area contributed by atoms with Gasteiger partial charge in [-0.3, -0.25) is 9.52 Å². The number of fused-ring (bicyclic) bond motifs is 1. The first-order valence-electron chi connectivity index (χ1n) is 3.60. The third-order valence-corrected chi connectivity index (χ3v) is 2.69. The number of carbonyl (C=O) groups is 1. The van der Waals surface area contributed by atoms with E-state index in [-0.39, 0.29) is 5.91 Å². The maximum Gasteiger partial charge on any atom is 0.248 e. The third kappa shape index (κ3) is 1.19. The number of primary amides is 1. The van der Waals surface area contributed by atoms with Gasteiger partial charge in [0.2, 0.25) is 5.91 Å². The van der Waals surface area contributed by atoms with Gasteiger partial charge in [0.05, 0.1) is 0 Å². The standard InChI is InChI=1S/C8H8N2OS/c9-8(11)5-1-2-6-4-10-12-7(6)3-5/h1-3,10H,4H2,(H2,9,11). The van der Waals surface area contributed by atoms with E-state index in [1.54, 1.807) is 18.0 Å². The summed E-state index contributed by atoms with van der Waals surface area (Å²) < 4.78 is 3.12. The highest BCUT2D eigenvalue weighted by Gasteiger charge is 2.12. The minimum Gasteiger partial charge on any atom is -0.366 e. The molecule has 1 heterocycles. The summed E-state index contributed by atoms with van der Waals surface area (Å²) in [5.74, 6) is -0.370. The normalized spacial score (nSPS) is 14.3. The van der Waals surface area contributed by atoms with Crippen LogP contribution in [0, 0.1) is 0 Å². The molecule has 3 nitrogen and oxygen atoms in total. The summed E-state index contributed by atoms with van der Waals surface area (Å²) >= 11 is 1.54. The van der Waals surface area contributed by atoms with Crippen LogP contribution in [-0.4, -0.2) is 5.91 Å². The summed E-state index contributed by atoms with van der Waals surface area (Å²) in [6.07, 6.45) is 0. The highest BCUT2D eigenvalue weighted by atomic mass is 32.2. The summed E-state index contributed by atoms with van der Waals surface area (Å²) in [5, 5.41) is 0. The number of nitrogens with one attached hydrogen (secondary N) is 1. The fraction of sp³-hybridized carbons (Fsp3) is 0.125. The number of nitrogens with two attached hydrogens (primary N) is 1. The van der Waals surface area contributed by atoms with E-state index >= 15 is 0 Å². The van der Waals surface area contributed by atoms with Gasteiger partial charge in [-0.25, -0.2) is 0 Å². The lowest BCUT2D eigenvalue weighted by Gasteiger charge is -1.98. The molecule has 12 heavy (non-hydrogen) atoms. The molecule has 0 spiro atoms. The fourth-order valence-electron chi connectivity index (χ4n) is 1.14. The number of benzene rings is 1. The van der Waals surface area contributed by atoms with E-state index in [9.17, 15) is 4.79 Å². The number of carbonyl (C=O) groups excluding carboxylic acids is 1. The van der Waals surface area contributed by atoms with Crippen LogP contribution in [-0.2, 0) is 6.54 Å². The van der Waals surface area contributed by atoms with E-state index in [0.29, 0.717) is 5.56 Å². The number of hydrogen-bond acceptors (Lipinski definition) is 3. The number of rotatable bonds is 1. The molecule has 0 saturated carbocycles. The molecule has 1 aromatic rings. The Hall–Kier alpha value is -1.00. The van der Waals surface area contributed by atoms with Crippen molar-refractivity contribution in [2.45, 2.75) is 11.4 Å². The van der Waals surface area contributed by atoms with Gasteiger partial charge in [0.1, 0.15) is 0 Å². The first-order chi connectivity index (χ1) is 5.77. The van der Waals surface area contributed by atoms with Gasteiger partial charge in [0.15, 0.2) is 0 Å². The van der Waals surface area contributed by atoms with Gasteiger partial charge >= 0.3 is 0 Å². The monoisotopic (exact) mass is 180 g/mol. The van der Waals surface area contributed by atoms with Crippen molar-refractivity contribution in [1.29, 1.82) is 0 Å². The molecule has 0 radical (unpaired) electrons. The van der Waals surface area contributed by atoms with E-state index in [1.165, 1.54) is 5.56 Å². The highest BCUT2D eigenvalue weighted by Crippen LogP contribution is 2.27. The molecule has 3 N–H and O–H groups in total. The van der Waals surface area contributed by atoms with Gasteiger partial charge in [0, 0.05) is 17.0 Å². The second kappa shape index (κ2) is 2.80. The zero-order valence-corrected chi connectivity index (χ0v) is 7.15. The molecule has 62 valence electrons. The van der Waals surface area contributed by atoms with E-state index in [0.717, 1.165) is 11.4 Å². The second-order valence-electron chi connectivity index (χ2n) is 2.61. The lowest BCUT2D eigenvalue weighted by atomic mass is 10.1. The molecule has 0 aliphatic carbocycles. The molecule has 0 saturated heterocycles. The van der Waals surface area contributed by atoms with Crippen molar-refractivity contribution in [3.05, 3.63) is 29.3 Å². The largest absolute Gasteiger partial charge is 0.366 e. The Bertz CT molecular complexity index is 338. The van der Waals surface area contributed by atoms with E-state index in [4.69, 9.17) is 5.73 Å². The summed E-state index contributed by atoms with van der Waals surface area (Å²) in [6.45, 7) is 0.860. The van der Waals surface area contributed by atoms with Crippen LogP contribution in [0.3, 0.4) is 0 Å². The lowest BCUT2D eigenvalue weighted by Crippen LogP contribution is -2.10. The van der Waals surface area contributed by atoms with Crippen LogP contribution in [0.5, 0.6) is 0 Å². The van der Waals surface area contributed by atoms with Crippen molar-refractivity contribution >= 4 is 17.9 Å². The zero-order chi connectivity index (χ0) is 8.55. The second-order valence-corrected chi connectivity index (χ2v) is 3.54. The SMILES string of the molecule is NC(=O)c1ccc2c(c1)SNC2. The van der Waals surface area contributed by atoms with Crippen LogP contribution in [0.1, 0.15) is 15.9 Å². The molecule has 1 aliphatic rings. The van der Waals surface area contributed by atoms with Gasteiger partial charge in [-0.15, -0.1) is 0 Å². The molecule has 0 unspecified atom stereocenters. The quantitative estimate of drug-likeness (QED) is 0.631. The van der Waals surface area contributed by atoms with Crippen LogP contribution in [0.4, 0.5) is 0 Å². The molecule has 1 aromatic carbocycles. The first-order valence-corrected chi connectivity index (χ1v) is 4.41. The van der Waals surface area contributed by atoms with Crippen molar-refractivity contribution in [2.24, 2.45) is 5.73 Å². The maximum absolute atomic E-state index is 10.8. The predicted molar refractivity (Wildman–Crippen MR) is 47.7 cm³/mol. The molecule has 1 aliphatic heterocycles. The van der Waals surface area contributed by atoms with Crippen LogP contribution in [0.25, 0.3) is 0 Å². The Morgan fingerprint density at radius 2 is 2.42 bits per heavy atom. The van der Waals surface area contributed by atoms with Crippen LogP contribution in [0.15, 0.2) is 23.1 Å². The third-order valence-electron chi connectivity index (χ3n) is 1.80. The lowest BCUT2D eigenvalue weighted by molar-refractivity contribution is 0.1000. The van der Waals surface area contributed by atoms with Crippen LogP contribution < -0.4 is 10.5 Å². The van der Waals surface area contributed by atoms with Gasteiger partial charge in [0.25, 0.3) is 0 Å². The molecule has 0 aromatic heterocycles. The summed E-state index contributed by atoms with van der Waals surface area (Å²) in [4.78, 5) is 11.9. The summed E-state index contributed by atoms with van der Waals surface area (Å²) in [5.41, 5.74) is 6.94.